The average molecular weight is 458 g/mol. The van der Waals surface area contributed by atoms with Crippen LogP contribution in [0.15, 0.2) is 64.4 Å². The fraction of sp³-hybridized carbons (Fsp3) is 0.286. The van der Waals surface area contributed by atoms with Gasteiger partial charge in [0, 0.05) is 37.2 Å². The normalized spacial score (nSPS) is 16.6. The molecule has 8 nitrogen and oxygen atoms in total. The van der Waals surface area contributed by atoms with Gasteiger partial charge in [-0.2, -0.15) is 0 Å². The van der Waals surface area contributed by atoms with Crippen molar-refractivity contribution in [2.45, 2.75) is 29.5 Å². The number of nitrogens with zero attached hydrogens (tertiary/aromatic N) is 3. The first-order chi connectivity index (χ1) is 15.0. The zero-order valence-electron chi connectivity index (χ0n) is 16.8. The number of nitrogens with one attached hydrogen (secondary N) is 2. The lowest BCUT2D eigenvalue weighted by Crippen LogP contribution is -2.48. The second-order valence-electron chi connectivity index (χ2n) is 7.31. The van der Waals surface area contributed by atoms with Crippen molar-refractivity contribution >= 4 is 38.9 Å². The monoisotopic (exact) mass is 457 g/mol. The number of aromatic nitrogens is 2. The number of hydrogen-bond donors (Lipinski definition) is 2. The van der Waals surface area contributed by atoms with Crippen LogP contribution in [0.5, 0.6) is 0 Å². The van der Waals surface area contributed by atoms with Gasteiger partial charge >= 0.3 is 0 Å². The molecule has 1 amide bonds. The maximum atomic E-state index is 12.5. The van der Waals surface area contributed by atoms with Crippen molar-refractivity contribution in [3.63, 3.8) is 0 Å². The first-order valence-corrected chi connectivity index (χ1v) is 12.3. The van der Waals surface area contributed by atoms with Crippen molar-refractivity contribution in [2.24, 2.45) is 0 Å². The molecule has 4 rings (SSSR count). The molecular formula is C21H23N5O3S2. The van der Waals surface area contributed by atoms with Crippen LogP contribution in [-0.2, 0) is 21.2 Å². The Balaban J connectivity index is 1.30. The van der Waals surface area contributed by atoms with Gasteiger partial charge in [-0.15, -0.1) is 11.3 Å². The van der Waals surface area contributed by atoms with E-state index >= 15 is 0 Å². The van der Waals surface area contributed by atoms with Crippen LogP contribution in [0.2, 0.25) is 0 Å². The van der Waals surface area contributed by atoms with E-state index in [9.17, 15) is 13.2 Å². The molecule has 0 spiro atoms. The van der Waals surface area contributed by atoms with Crippen LogP contribution in [0.3, 0.4) is 0 Å². The highest BCUT2D eigenvalue weighted by molar-refractivity contribution is 7.94. The summed E-state index contributed by atoms with van der Waals surface area (Å²) in [7, 11) is -3.58. The molecule has 2 aromatic heterocycles. The van der Waals surface area contributed by atoms with Crippen LogP contribution in [-0.4, -0.2) is 43.4 Å². The van der Waals surface area contributed by atoms with Crippen molar-refractivity contribution in [1.29, 1.82) is 0 Å². The van der Waals surface area contributed by atoms with Crippen molar-refractivity contribution < 1.29 is 13.2 Å². The van der Waals surface area contributed by atoms with Crippen molar-refractivity contribution in [3.05, 3.63) is 65.8 Å². The zero-order valence-corrected chi connectivity index (χ0v) is 18.4. The quantitative estimate of drug-likeness (QED) is 0.565. The summed E-state index contributed by atoms with van der Waals surface area (Å²) in [6.45, 7) is 1.55. The maximum absolute atomic E-state index is 12.5. The number of anilines is 2. The molecule has 0 bridgehead atoms. The summed E-state index contributed by atoms with van der Waals surface area (Å²) in [5, 5.41) is 4.81. The highest BCUT2D eigenvalue weighted by Crippen LogP contribution is 2.21. The number of benzene rings is 1. The predicted octanol–water partition coefficient (Wildman–Crippen LogP) is 2.67. The summed E-state index contributed by atoms with van der Waals surface area (Å²) in [4.78, 5) is 23.2. The molecule has 1 aliphatic rings. The number of rotatable bonds is 7. The molecule has 162 valence electrons. The molecular weight excluding hydrogens is 434 g/mol. The van der Waals surface area contributed by atoms with E-state index in [2.05, 4.69) is 24.9 Å². The van der Waals surface area contributed by atoms with Gasteiger partial charge in [-0.25, -0.2) is 18.4 Å². The molecule has 1 fully saturated rings. The van der Waals surface area contributed by atoms with E-state index in [0.29, 0.717) is 18.2 Å². The SMILES string of the molecule is O=C(Cc1ccc(NS(=O)(=O)c2cccs2)cc1)NC1CCCN(c2ncccn2)C1. The summed E-state index contributed by atoms with van der Waals surface area (Å²) < 4.78 is 27.4. The summed E-state index contributed by atoms with van der Waals surface area (Å²) in [6, 6.07) is 11.9. The third kappa shape index (κ3) is 5.59. The third-order valence-electron chi connectivity index (χ3n) is 4.95. The molecule has 1 saturated heterocycles. The average Bonchev–Trinajstić information content (AvgIpc) is 3.32. The molecule has 3 heterocycles. The lowest BCUT2D eigenvalue weighted by atomic mass is 10.1. The minimum atomic E-state index is -3.58. The standard InChI is InChI=1S/C21H23N5O3S2/c27-19(24-18-4-1-12-26(15-18)21-22-10-3-11-23-21)14-16-6-8-17(9-7-16)25-31(28,29)20-5-2-13-30-20/h2-3,5-11,13,18,25H,1,4,12,14-15H2,(H,24,27). The highest BCUT2D eigenvalue weighted by atomic mass is 32.2. The predicted molar refractivity (Wildman–Crippen MR) is 121 cm³/mol. The summed E-state index contributed by atoms with van der Waals surface area (Å²) in [5.74, 6) is 0.620. The van der Waals surface area contributed by atoms with Crippen LogP contribution in [0.25, 0.3) is 0 Å². The lowest BCUT2D eigenvalue weighted by molar-refractivity contribution is -0.121. The Hall–Kier alpha value is -2.98. The lowest BCUT2D eigenvalue weighted by Gasteiger charge is -2.33. The van der Waals surface area contributed by atoms with E-state index in [-0.39, 0.29) is 22.6 Å². The van der Waals surface area contributed by atoms with E-state index in [1.165, 1.54) is 0 Å². The minimum absolute atomic E-state index is 0.0435. The second-order valence-corrected chi connectivity index (χ2v) is 10.2. The molecule has 0 radical (unpaired) electrons. The molecule has 1 atom stereocenters. The van der Waals surface area contributed by atoms with Crippen LogP contribution in [0, 0.1) is 0 Å². The Morgan fingerprint density at radius 3 is 2.61 bits per heavy atom. The second kappa shape index (κ2) is 9.44. The summed E-state index contributed by atoms with van der Waals surface area (Å²) in [5.41, 5.74) is 1.28. The molecule has 1 aliphatic heterocycles. The Kier molecular flexibility index (Phi) is 6.47. The van der Waals surface area contributed by atoms with Crippen LogP contribution in [0.1, 0.15) is 18.4 Å². The first kappa shape index (κ1) is 21.3. The molecule has 10 heteroatoms. The van der Waals surface area contributed by atoms with E-state index in [1.54, 1.807) is 60.2 Å². The third-order valence-corrected chi connectivity index (χ3v) is 7.73. The molecule has 0 aliphatic carbocycles. The van der Waals surface area contributed by atoms with Crippen LogP contribution < -0.4 is 14.9 Å². The van der Waals surface area contributed by atoms with Gasteiger partial charge < -0.3 is 10.2 Å². The zero-order chi connectivity index (χ0) is 21.7. The molecule has 31 heavy (non-hydrogen) atoms. The first-order valence-electron chi connectivity index (χ1n) is 9.96. The minimum Gasteiger partial charge on any atom is -0.351 e. The number of sulfonamides is 1. The van der Waals surface area contributed by atoms with Crippen molar-refractivity contribution in [3.8, 4) is 0 Å². The van der Waals surface area contributed by atoms with E-state index in [0.717, 1.165) is 36.3 Å². The maximum Gasteiger partial charge on any atom is 0.271 e. The molecule has 3 aromatic rings. The largest absolute Gasteiger partial charge is 0.351 e. The van der Waals surface area contributed by atoms with Crippen LogP contribution in [0.4, 0.5) is 11.6 Å². The van der Waals surface area contributed by atoms with E-state index < -0.39 is 10.0 Å². The van der Waals surface area contributed by atoms with Crippen molar-refractivity contribution in [2.75, 3.05) is 22.7 Å². The van der Waals surface area contributed by atoms with Gasteiger partial charge in [0.1, 0.15) is 4.21 Å². The van der Waals surface area contributed by atoms with E-state index in [1.807, 2.05) is 0 Å². The summed E-state index contributed by atoms with van der Waals surface area (Å²) >= 11 is 1.16. The molecule has 1 unspecified atom stereocenters. The number of carbonyl (C=O) groups excluding carboxylic acids is 1. The smallest absolute Gasteiger partial charge is 0.271 e. The van der Waals surface area contributed by atoms with Gasteiger partial charge in [0.2, 0.25) is 11.9 Å². The van der Waals surface area contributed by atoms with Gasteiger partial charge in [-0.3, -0.25) is 9.52 Å². The van der Waals surface area contributed by atoms with Gasteiger partial charge in [-0.1, -0.05) is 18.2 Å². The number of amides is 1. The fourth-order valence-electron chi connectivity index (χ4n) is 3.51. The van der Waals surface area contributed by atoms with Crippen molar-refractivity contribution in [1.82, 2.24) is 15.3 Å². The Morgan fingerprint density at radius 1 is 1.13 bits per heavy atom. The van der Waals surface area contributed by atoms with Gasteiger partial charge in [-0.05, 0) is 48.1 Å². The summed E-state index contributed by atoms with van der Waals surface area (Å²) in [6.07, 6.45) is 5.54. The van der Waals surface area contributed by atoms with Gasteiger partial charge in [0.05, 0.1) is 6.42 Å². The highest BCUT2D eigenvalue weighted by Gasteiger charge is 2.23. The Morgan fingerprint density at radius 2 is 1.90 bits per heavy atom. The number of thiophene rings is 1. The molecule has 2 N–H and O–H groups in total. The Bertz CT molecular complexity index is 1100. The van der Waals surface area contributed by atoms with Gasteiger partial charge in [0.25, 0.3) is 10.0 Å². The Labute approximate surface area is 185 Å². The van der Waals surface area contributed by atoms with Gasteiger partial charge in [0.15, 0.2) is 0 Å². The molecule has 1 aromatic carbocycles. The van der Waals surface area contributed by atoms with Crippen LogP contribution >= 0.6 is 11.3 Å². The number of piperidine rings is 1. The molecule has 0 saturated carbocycles. The van der Waals surface area contributed by atoms with E-state index in [4.69, 9.17) is 0 Å². The topological polar surface area (TPSA) is 104 Å². The number of carbonyl (C=O) groups is 1. The number of hydrogen-bond acceptors (Lipinski definition) is 7. The fourth-order valence-corrected chi connectivity index (χ4v) is 5.56.